The first kappa shape index (κ1) is 9.17. The van der Waals surface area contributed by atoms with Crippen molar-refractivity contribution in [1.29, 1.82) is 0 Å². The van der Waals surface area contributed by atoms with Gasteiger partial charge in [0.25, 0.3) is 0 Å². The Labute approximate surface area is 74.6 Å². The lowest BCUT2D eigenvalue weighted by atomic mass is 10.0. The molecule has 0 bridgehead atoms. The van der Waals surface area contributed by atoms with Crippen molar-refractivity contribution >= 4 is 0 Å². The predicted molar refractivity (Wildman–Crippen MR) is 52.7 cm³/mol. The largest absolute Gasteiger partial charge is 0.323 e. The molecule has 1 aromatic rings. The first-order valence-electron chi connectivity index (χ1n) is 4.63. The minimum absolute atomic E-state index is 0.530. The van der Waals surface area contributed by atoms with Crippen LogP contribution in [0.3, 0.4) is 0 Å². The van der Waals surface area contributed by atoms with Crippen molar-refractivity contribution in [3.63, 3.8) is 0 Å². The molecule has 0 saturated carbocycles. The third-order valence-corrected chi connectivity index (χ3v) is 2.45. The normalized spacial score (nSPS) is 15.6. The van der Waals surface area contributed by atoms with Gasteiger partial charge in [-0.15, -0.1) is 0 Å². The summed E-state index contributed by atoms with van der Waals surface area (Å²) in [6.45, 7) is 6.70. The van der Waals surface area contributed by atoms with E-state index in [2.05, 4.69) is 26.2 Å². The molecule has 0 aliphatic heterocycles. The predicted octanol–water partition coefficient (Wildman–Crippen LogP) is 2.47. The Hall–Kier alpha value is -0.920. The van der Waals surface area contributed by atoms with Gasteiger partial charge in [-0.3, -0.25) is 4.68 Å². The van der Waals surface area contributed by atoms with Gasteiger partial charge in [0.1, 0.15) is 0 Å². The molecule has 68 valence electrons. The van der Waals surface area contributed by atoms with Gasteiger partial charge in [0.15, 0.2) is 0 Å². The molecule has 1 aromatic heterocycles. The minimum atomic E-state index is 0.530. The zero-order valence-corrected chi connectivity index (χ0v) is 8.12. The summed E-state index contributed by atoms with van der Waals surface area (Å²) in [5, 5.41) is 0. The molecule has 0 aliphatic carbocycles. The van der Waals surface area contributed by atoms with E-state index in [0.29, 0.717) is 12.0 Å². The third-order valence-electron chi connectivity index (χ3n) is 2.45. The lowest BCUT2D eigenvalue weighted by molar-refractivity contribution is 0.465. The van der Waals surface area contributed by atoms with Crippen LogP contribution in [-0.2, 0) is 0 Å². The SMILES string of the molecule is CCC(C)C(C)Nn1cccc1. The summed E-state index contributed by atoms with van der Waals surface area (Å²) in [6.07, 6.45) is 5.27. The van der Waals surface area contributed by atoms with Crippen LogP contribution in [0.5, 0.6) is 0 Å². The molecule has 2 unspecified atom stereocenters. The van der Waals surface area contributed by atoms with E-state index in [1.165, 1.54) is 6.42 Å². The van der Waals surface area contributed by atoms with Crippen LogP contribution >= 0.6 is 0 Å². The summed E-state index contributed by atoms with van der Waals surface area (Å²) in [5.41, 5.74) is 3.39. The number of nitrogens with zero attached hydrogens (tertiary/aromatic N) is 1. The molecule has 1 rings (SSSR count). The second-order valence-electron chi connectivity index (χ2n) is 3.39. The summed E-state index contributed by atoms with van der Waals surface area (Å²) in [5.74, 6) is 0.715. The molecule has 2 atom stereocenters. The van der Waals surface area contributed by atoms with Crippen molar-refractivity contribution < 1.29 is 0 Å². The second kappa shape index (κ2) is 4.19. The van der Waals surface area contributed by atoms with E-state index < -0.39 is 0 Å². The maximum absolute atomic E-state index is 3.39. The Bertz CT molecular complexity index is 204. The van der Waals surface area contributed by atoms with Crippen LogP contribution in [0.15, 0.2) is 24.5 Å². The molecule has 1 heterocycles. The van der Waals surface area contributed by atoms with Crippen LogP contribution in [0.2, 0.25) is 0 Å². The number of hydrogen-bond acceptors (Lipinski definition) is 1. The van der Waals surface area contributed by atoms with Crippen molar-refractivity contribution in [2.45, 2.75) is 33.2 Å². The van der Waals surface area contributed by atoms with Gasteiger partial charge in [-0.05, 0) is 25.0 Å². The van der Waals surface area contributed by atoms with Crippen LogP contribution < -0.4 is 5.43 Å². The molecular weight excluding hydrogens is 148 g/mol. The highest BCUT2D eigenvalue weighted by Crippen LogP contribution is 2.07. The van der Waals surface area contributed by atoms with E-state index in [1.54, 1.807) is 0 Å². The number of rotatable bonds is 4. The summed E-state index contributed by atoms with van der Waals surface area (Å²) in [7, 11) is 0. The zero-order chi connectivity index (χ0) is 8.97. The first-order valence-corrected chi connectivity index (χ1v) is 4.63. The Morgan fingerprint density at radius 2 is 1.83 bits per heavy atom. The van der Waals surface area contributed by atoms with Crippen LogP contribution in [0.1, 0.15) is 27.2 Å². The van der Waals surface area contributed by atoms with Gasteiger partial charge < -0.3 is 5.43 Å². The minimum Gasteiger partial charge on any atom is -0.323 e. The first-order chi connectivity index (χ1) is 5.74. The molecule has 0 fully saturated rings. The van der Waals surface area contributed by atoms with E-state index in [4.69, 9.17) is 0 Å². The monoisotopic (exact) mass is 166 g/mol. The van der Waals surface area contributed by atoms with Gasteiger partial charge >= 0.3 is 0 Å². The van der Waals surface area contributed by atoms with Gasteiger partial charge in [-0.25, -0.2) is 0 Å². The topological polar surface area (TPSA) is 17.0 Å². The maximum atomic E-state index is 3.39. The number of hydrogen-bond donors (Lipinski definition) is 1. The maximum Gasteiger partial charge on any atom is 0.0421 e. The van der Waals surface area contributed by atoms with Gasteiger partial charge in [0.2, 0.25) is 0 Å². The quantitative estimate of drug-likeness (QED) is 0.727. The van der Waals surface area contributed by atoms with Crippen molar-refractivity contribution in [1.82, 2.24) is 4.68 Å². The van der Waals surface area contributed by atoms with Crippen molar-refractivity contribution in [3.8, 4) is 0 Å². The Balaban J connectivity index is 2.41. The summed E-state index contributed by atoms with van der Waals surface area (Å²) >= 11 is 0. The highest BCUT2D eigenvalue weighted by molar-refractivity contribution is 4.95. The molecule has 0 spiro atoms. The molecule has 0 aliphatic rings. The molecule has 2 nitrogen and oxygen atoms in total. The smallest absolute Gasteiger partial charge is 0.0421 e. The molecule has 0 saturated heterocycles. The van der Waals surface area contributed by atoms with Crippen LogP contribution in [0.4, 0.5) is 0 Å². The fourth-order valence-electron chi connectivity index (χ4n) is 1.14. The molecular formula is C10H18N2. The second-order valence-corrected chi connectivity index (χ2v) is 3.39. The van der Waals surface area contributed by atoms with E-state index in [-0.39, 0.29) is 0 Å². The van der Waals surface area contributed by atoms with Crippen LogP contribution in [0.25, 0.3) is 0 Å². The van der Waals surface area contributed by atoms with Crippen molar-refractivity contribution in [2.75, 3.05) is 5.43 Å². The molecule has 0 amide bonds. The molecule has 12 heavy (non-hydrogen) atoms. The lowest BCUT2D eigenvalue weighted by Crippen LogP contribution is -2.29. The standard InChI is InChI=1S/C10H18N2/c1-4-9(2)10(3)11-12-7-5-6-8-12/h5-11H,4H2,1-3H3. The average Bonchev–Trinajstić information content (AvgIpc) is 2.55. The Morgan fingerprint density at radius 3 is 2.33 bits per heavy atom. The highest BCUT2D eigenvalue weighted by Gasteiger charge is 2.08. The van der Waals surface area contributed by atoms with Gasteiger partial charge in [0, 0.05) is 18.4 Å². The number of nitrogens with one attached hydrogen (secondary N) is 1. The van der Waals surface area contributed by atoms with Gasteiger partial charge in [-0.1, -0.05) is 20.3 Å². The molecule has 0 aromatic carbocycles. The van der Waals surface area contributed by atoms with E-state index in [0.717, 1.165) is 0 Å². The summed E-state index contributed by atoms with van der Waals surface area (Å²) in [4.78, 5) is 0. The van der Waals surface area contributed by atoms with Crippen LogP contribution in [0, 0.1) is 5.92 Å². The van der Waals surface area contributed by atoms with E-state index >= 15 is 0 Å². The number of aromatic nitrogens is 1. The highest BCUT2D eigenvalue weighted by atomic mass is 15.4. The average molecular weight is 166 g/mol. The van der Waals surface area contributed by atoms with Crippen LogP contribution in [-0.4, -0.2) is 10.7 Å². The summed E-state index contributed by atoms with van der Waals surface area (Å²) < 4.78 is 2.01. The lowest BCUT2D eigenvalue weighted by Gasteiger charge is -2.21. The fraction of sp³-hybridized carbons (Fsp3) is 0.600. The van der Waals surface area contributed by atoms with Gasteiger partial charge in [0.05, 0.1) is 0 Å². The van der Waals surface area contributed by atoms with E-state index in [1.807, 2.05) is 29.2 Å². The zero-order valence-electron chi connectivity index (χ0n) is 8.12. The molecule has 1 N–H and O–H groups in total. The third kappa shape index (κ3) is 2.29. The van der Waals surface area contributed by atoms with Gasteiger partial charge in [-0.2, -0.15) is 0 Å². The molecule has 0 radical (unpaired) electrons. The Morgan fingerprint density at radius 1 is 1.25 bits per heavy atom. The molecule has 2 heteroatoms. The van der Waals surface area contributed by atoms with E-state index in [9.17, 15) is 0 Å². The Kier molecular flexibility index (Phi) is 3.20. The summed E-state index contributed by atoms with van der Waals surface area (Å²) in [6, 6.07) is 4.58. The fourth-order valence-corrected chi connectivity index (χ4v) is 1.14. The van der Waals surface area contributed by atoms with Crippen molar-refractivity contribution in [2.24, 2.45) is 5.92 Å². The van der Waals surface area contributed by atoms with Crippen molar-refractivity contribution in [3.05, 3.63) is 24.5 Å².